The lowest BCUT2D eigenvalue weighted by Gasteiger charge is -2.23. The summed E-state index contributed by atoms with van der Waals surface area (Å²) in [5.74, 6) is 0.623. The number of rotatable bonds is 5. The van der Waals surface area contributed by atoms with Gasteiger partial charge in [0.2, 0.25) is 0 Å². The van der Waals surface area contributed by atoms with Crippen molar-refractivity contribution in [2.24, 2.45) is 4.99 Å². The van der Waals surface area contributed by atoms with E-state index in [9.17, 15) is 13.2 Å². The van der Waals surface area contributed by atoms with Gasteiger partial charge in [0, 0.05) is 25.7 Å². The highest BCUT2D eigenvalue weighted by Gasteiger charge is 2.27. The lowest BCUT2D eigenvalue weighted by molar-refractivity contribution is -0.173. The Hall–Kier alpha value is -0.250. The van der Waals surface area contributed by atoms with Crippen LogP contribution in [-0.4, -0.2) is 44.5 Å². The molecule has 0 atom stereocenters. The quantitative estimate of drug-likeness (QED) is 0.325. The zero-order valence-electron chi connectivity index (χ0n) is 11.7. The molecule has 0 rings (SSSR count). The van der Waals surface area contributed by atoms with Crippen molar-refractivity contribution >= 4 is 29.9 Å². The molecule has 0 radical (unpaired) electrons. The summed E-state index contributed by atoms with van der Waals surface area (Å²) in [6.45, 7) is 5.36. The highest BCUT2D eigenvalue weighted by Crippen LogP contribution is 2.14. The van der Waals surface area contributed by atoms with Crippen molar-refractivity contribution in [1.29, 1.82) is 0 Å². The molecule has 19 heavy (non-hydrogen) atoms. The summed E-state index contributed by atoms with van der Waals surface area (Å²) in [5.41, 5.74) is -0.116. The van der Waals surface area contributed by atoms with Gasteiger partial charge >= 0.3 is 6.18 Å². The van der Waals surface area contributed by atoms with E-state index in [0.29, 0.717) is 18.9 Å². The van der Waals surface area contributed by atoms with Gasteiger partial charge in [-0.3, -0.25) is 4.99 Å². The van der Waals surface area contributed by atoms with E-state index in [1.807, 2.05) is 20.8 Å². The Kier molecular flexibility index (Phi) is 10.7. The maximum Gasteiger partial charge on any atom is 0.411 e. The first-order valence-electron chi connectivity index (χ1n) is 5.77. The van der Waals surface area contributed by atoms with E-state index in [1.165, 1.54) is 0 Å². The van der Waals surface area contributed by atoms with Gasteiger partial charge in [-0.15, -0.1) is 24.0 Å². The molecule has 0 unspecified atom stereocenters. The number of halogens is 4. The average molecular weight is 397 g/mol. The summed E-state index contributed by atoms with van der Waals surface area (Å²) in [4.78, 5) is 4.00. The van der Waals surface area contributed by atoms with Crippen LogP contribution in [0.3, 0.4) is 0 Å². The summed E-state index contributed by atoms with van der Waals surface area (Å²) in [7, 11) is 1.64. The van der Waals surface area contributed by atoms with E-state index in [2.05, 4.69) is 20.4 Å². The fourth-order valence-corrected chi connectivity index (χ4v) is 1.10. The van der Waals surface area contributed by atoms with Crippen LogP contribution in [0.5, 0.6) is 0 Å². The number of hydrogen-bond donors (Lipinski definition) is 2. The Morgan fingerprint density at radius 3 is 2.21 bits per heavy atom. The molecule has 2 N–H and O–H groups in total. The maximum atomic E-state index is 11.8. The Morgan fingerprint density at radius 1 is 1.21 bits per heavy atom. The number of nitrogens with one attached hydrogen (secondary N) is 2. The van der Waals surface area contributed by atoms with Gasteiger partial charge in [0.1, 0.15) is 6.61 Å². The van der Waals surface area contributed by atoms with Crippen LogP contribution in [-0.2, 0) is 4.74 Å². The molecule has 0 aliphatic rings. The normalized spacial score (nSPS) is 12.9. The molecule has 0 saturated carbocycles. The molecule has 0 aromatic rings. The standard InChI is InChI=1S/C11H22F3N3O.HI/c1-10(2,3)17-9(15-4)16-6-5-7-18-8-11(12,13)14;/h5-8H2,1-4H3,(H2,15,16,17);1H. The molecule has 0 aromatic carbocycles. The van der Waals surface area contributed by atoms with Crippen LogP contribution < -0.4 is 10.6 Å². The molecule has 0 amide bonds. The van der Waals surface area contributed by atoms with E-state index in [0.717, 1.165) is 0 Å². The monoisotopic (exact) mass is 397 g/mol. The number of alkyl halides is 3. The van der Waals surface area contributed by atoms with E-state index in [-0.39, 0.29) is 36.1 Å². The van der Waals surface area contributed by atoms with Crippen LogP contribution in [0.1, 0.15) is 27.2 Å². The third-order valence-corrected chi connectivity index (χ3v) is 1.74. The molecule has 0 saturated heterocycles. The van der Waals surface area contributed by atoms with E-state index in [4.69, 9.17) is 0 Å². The van der Waals surface area contributed by atoms with Crippen LogP contribution in [0.15, 0.2) is 4.99 Å². The van der Waals surface area contributed by atoms with Gasteiger partial charge in [-0.2, -0.15) is 13.2 Å². The molecule has 0 aliphatic carbocycles. The summed E-state index contributed by atoms with van der Waals surface area (Å²) in [6, 6.07) is 0. The topological polar surface area (TPSA) is 45.7 Å². The lowest BCUT2D eigenvalue weighted by atomic mass is 10.1. The van der Waals surface area contributed by atoms with E-state index < -0.39 is 12.8 Å². The molecular formula is C11H23F3IN3O. The molecule has 4 nitrogen and oxygen atoms in total. The first kappa shape index (κ1) is 21.1. The van der Waals surface area contributed by atoms with Crippen LogP contribution in [0.4, 0.5) is 13.2 Å². The van der Waals surface area contributed by atoms with Crippen LogP contribution >= 0.6 is 24.0 Å². The van der Waals surface area contributed by atoms with Crippen LogP contribution in [0.2, 0.25) is 0 Å². The van der Waals surface area contributed by atoms with Crippen LogP contribution in [0.25, 0.3) is 0 Å². The fraction of sp³-hybridized carbons (Fsp3) is 0.909. The highest BCUT2D eigenvalue weighted by atomic mass is 127. The minimum atomic E-state index is -4.25. The van der Waals surface area contributed by atoms with Gasteiger partial charge < -0.3 is 15.4 Å². The van der Waals surface area contributed by atoms with Gasteiger partial charge in [0.15, 0.2) is 5.96 Å². The predicted molar refractivity (Wildman–Crippen MR) is 81.2 cm³/mol. The summed E-state index contributed by atoms with van der Waals surface area (Å²) >= 11 is 0. The van der Waals surface area contributed by atoms with Crippen molar-refractivity contribution in [2.75, 3.05) is 26.8 Å². The average Bonchev–Trinajstić information content (AvgIpc) is 2.18. The third kappa shape index (κ3) is 15.7. The zero-order valence-corrected chi connectivity index (χ0v) is 14.1. The van der Waals surface area contributed by atoms with Crippen molar-refractivity contribution in [3.05, 3.63) is 0 Å². The molecule has 8 heteroatoms. The predicted octanol–water partition coefficient (Wildman–Crippen LogP) is 2.54. The van der Waals surface area contributed by atoms with Crippen molar-refractivity contribution in [2.45, 2.75) is 38.9 Å². The summed E-state index contributed by atoms with van der Waals surface area (Å²) < 4.78 is 39.8. The molecule has 0 aromatic heterocycles. The first-order chi connectivity index (χ1) is 8.14. The minimum Gasteiger partial charge on any atom is -0.372 e. The zero-order chi connectivity index (χ0) is 14.2. The number of hydrogen-bond acceptors (Lipinski definition) is 2. The van der Waals surface area contributed by atoms with Gasteiger partial charge in [0.05, 0.1) is 0 Å². The van der Waals surface area contributed by atoms with Crippen molar-refractivity contribution in [3.63, 3.8) is 0 Å². The number of ether oxygens (including phenoxy) is 1. The second-order valence-corrected chi connectivity index (χ2v) is 4.90. The van der Waals surface area contributed by atoms with Gasteiger partial charge in [-0.1, -0.05) is 0 Å². The smallest absolute Gasteiger partial charge is 0.372 e. The highest BCUT2D eigenvalue weighted by molar-refractivity contribution is 14.0. The van der Waals surface area contributed by atoms with Gasteiger partial charge in [0.25, 0.3) is 0 Å². The number of nitrogens with zero attached hydrogens (tertiary/aromatic N) is 1. The Labute approximate surface area is 129 Å². The van der Waals surface area contributed by atoms with E-state index >= 15 is 0 Å². The molecular weight excluding hydrogens is 374 g/mol. The molecule has 0 aliphatic heterocycles. The Balaban J connectivity index is 0. The molecule has 116 valence electrons. The minimum absolute atomic E-state index is 0. The SMILES string of the molecule is CN=C(NCCCOCC(F)(F)F)NC(C)(C)C.I. The summed E-state index contributed by atoms with van der Waals surface area (Å²) in [5, 5.41) is 6.14. The second kappa shape index (κ2) is 9.62. The summed E-state index contributed by atoms with van der Waals surface area (Å²) in [6.07, 6.45) is -3.77. The largest absolute Gasteiger partial charge is 0.411 e. The van der Waals surface area contributed by atoms with E-state index in [1.54, 1.807) is 7.05 Å². The first-order valence-corrected chi connectivity index (χ1v) is 5.77. The fourth-order valence-electron chi connectivity index (χ4n) is 1.10. The Morgan fingerprint density at radius 2 is 1.79 bits per heavy atom. The Bertz CT molecular complexity index is 265. The molecule has 0 spiro atoms. The van der Waals surface area contributed by atoms with Crippen LogP contribution in [0, 0.1) is 0 Å². The lowest BCUT2D eigenvalue weighted by Crippen LogP contribution is -2.47. The van der Waals surface area contributed by atoms with Gasteiger partial charge in [-0.25, -0.2) is 0 Å². The molecule has 0 heterocycles. The number of aliphatic imine (C=N–C) groups is 1. The molecule has 0 bridgehead atoms. The number of guanidine groups is 1. The third-order valence-electron chi connectivity index (χ3n) is 1.74. The van der Waals surface area contributed by atoms with Crippen molar-refractivity contribution in [3.8, 4) is 0 Å². The maximum absolute atomic E-state index is 11.8. The van der Waals surface area contributed by atoms with Gasteiger partial charge in [-0.05, 0) is 27.2 Å². The second-order valence-electron chi connectivity index (χ2n) is 4.90. The van der Waals surface area contributed by atoms with Crippen molar-refractivity contribution < 1.29 is 17.9 Å². The van der Waals surface area contributed by atoms with Crippen molar-refractivity contribution in [1.82, 2.24) is 10.6 Å². The molecule has 0 fully saturated rings.